The quantitative estimate of drug-likeness (QED) is 0.772. The molecule has 0 radical (unpaired) electrons. The highest BCUT2D eigenvalue weighted by Gasteiger charge is 2.39. The fourth-order valence-corrected chi connectivity index (χ4v) is 4.04. The lowest BCUT2D eigenvalue weighted by Crippen LogP contribution is -2.57. The third kappa shape index (κ3) is 2.02. The van der Waals surface area contributed by atoms with Gasteiger partial charge in [-0.15, -0.1) is 0 Å². The van der Waals surface area contributed by atoms with Gasteiger partial charge in [-0.3, -0.25) is 4.90 Å². The molecule has 0 amide bonds. The van der Waals surface area contributed by atoms with Crippen molar-refractivity contribution in [3.8, 4) is 0 Å². The zero-order chi connectivity index (χ0) is 11.0. The molecule has 1 aliphatic carbocycles. The number of hydrogen-bond donors (Lipinski definition) is 1. The lowest BCUT2D eigenvalue weighted by atomic mass is 9.78. The first-order chi connectivity index (χ1) is 7.84. The number of likely N-dealkylation sites (tertiary alicyclic amines) is 1. The maximum atomic E-state index is 3.73. The molecule has 2 atom stereocenters. The van der Waals surface area contributed by atoms with Crippen LogP contribution in [0, 0.1) is 5.92 Å². The molecule has 2 aliphatic heterocycles. The molecule has 0 aromatic rings. The Morgan fingerprint density at radius 2 is 1.94 bits per heavy atom. The first-order valence-corrected chi connectivity index (χ1v) is 7.34. The first kappa shape index (κ1) is 11.0. The Morgan fingerprint density at radius 3 is 2.62 bits per heavy atom. The minimum absolute atomic E-state index is 0.816. The second-order valence-electron chi connectivity index (χ2n) is 6.23. The van der Waals surface area contributed by atoms with E-state index in [1.54, 1.807) is 0 Å². The van der Waals surface area contributed by atoms with Crippen molar-refractivity contribution < 1.29 is 0 Å². The normalized spacial score (nSPS) is 45.6. The van der Waals surface area contributed by atoms with Crippen LogP contribution in [-0.4, -0.2) is 36.1 Å². The topological polar surface area (TPSA) is 15.3 Å². The maximum absolute atomic E-state index is 3.73. The van der Waals surface area contributed by atoms with E-state index < -0.39 is 0 Å². The molecule has 0 spiro atoms. The molecule has 0 aromatic carbocycles. The van der Waals surface area contributed by atoms with E-state index in [0.29, 0.717) is 0 Å². The molecule has 92 valence electrons. The van der Waals surface area contributed by atoms with Crippen LogP contribution in [-0.2, 0) is 0 Å². The first-order valence-electron chi connectivity index (χ1n) is 7.34. The molecular weight excluding hydrogens is 196 g/mol. The predicted molar refractivity (Wildman–Crippen MR) is 67.6 cm³/mol. The summed E-state index contributed by atoms with van der Waals surface area (Å²) in [5.74, 6) is 0.990. The van der Waals surface area contributed by atoms with E-state index >= 15 is 0 Å². The summed E-state index contributed by atoms with van der Waals surface area (Å²) in [6, 6.07) is 2.62. The van der Waals surface area contributed by atoms with Crippen molar-refractivity contribution >= 4 is 0 Å². The van der Waals surface area contributed by atoms with E-state index in [1.165, 1.54) is 58.0 Å². The molecule has 0 bridgehead atoms. The second-order valence-corrected chi connectivity index (χ2v) is 6.23. The molecule has 2 unspecified atom stereocenters. The highest BCUT2D eigenvalue weighted by Crippen LogP contribution is 2.36. The molecule has 1 saturated carbocycles. The Labute approximate surface area is 99.8 Å². The number of nitrogens with one attached hydrogen (secondary N) is 1. The molecule has 16 heavy (non-hydrogen) atoms. The van der Waals surface area contributed by atoms with Crippen LogP contribution in [0.15, 0.2) is 0 Å². The third-order valence-corrected chi connectivity index (χ3v) is 4.97. The van der Waals surface area contributed by atoms with Crippen LogP contribution in [0.5, 0.6) is 0 Å². The minimum atomic E-state index is 0.816. The van der Waals surface area contributed by atoms with Crippen LogP contribution in [0.25, 0.3) is 0 Å². The molecule has 3 aliphatic rings. The molecule has 2 saturated heterocycles. The smallest absolute Gasteiger partial charge is 0.0252 e. The van der Waals surface area contributed by atoms with Gasteiger partial charge in [0.25, 0.3) is 0 Å². The molecule has 3 rings (SSSR count). The van der Waals surface area contributed by atoms with Crippen LogP contribution in [0.4, 0.5) is 0 Å². The van der Waals surface area contributed by atoms with Crippen molar-refractivity contribution in [2.45, 2.75) is 70.0 Å². The zero-order valence-corrected chi connectivity index (χ0v) is 10.6. The standard InChI is InChI=1S/C14H26N2/c1-11-9-12(10-11)16-8-3-2-6-14(16)13-5-4-7-15-13/h11-15H,2-10H2,1H3. The van der Waals surface area contributed by atoms with Gasteiger partial charge in [0.05, 0.1) is 0 Å². The predicted octanol–water partition coefficient (Wildman–Crippen LogP) is 2.39. The van der Waals surface area contributed by atoms with Crippen molar-refractivity contribution in [2.75, 3.05) is 13.1 Å². The summed E-state index contributed by atoms with van der Waals surface area (Å²) in [6.45, 7) is 5.04. The number of nitrogens with zero attached hydrogens (tertiary/aromatic N) is 1. The summed E-state index contributed by atoms with van der Waals surface area (Å²) in [5, 5.41) is 3.73. The van der Waals surface area contributed by atoms with E-state index in [-0.39, 0.29) is 0 Å². The maximum Gasteiger partial charge on any atom is 0.0252 e. The minimum Gasteiger partial charge on any atom is -0.312 e. The van der Waals surface area contributed by atoms with E-state index in [2.05, 4.69) is 17.1 Å². The molecule has 1 N–H and O–H groups in total. The molecule has 2 heteroatoms. The van der Waals surface area contributed by atoms with Gasteiger partial charge >= 0.3 is 0 Å². The van der Waals surface area contributed by atoms with Gasteiger partial charge in [-0.05, 0) is 57.5 Å². The lowest BCUT2D eigenvalue weighted by molar-refractivity contribution is 0.0129. The van der Waals surface area contributed by atoms with E-state index in [4.69, 9.17) is 0 Å². The van der Waals surface area contributed by atoms with Crippen molar-refractivity contribution in [2.24, 2.45) is 5.92 Å². The summed E-state index contributed by atoms with van der Waals surface area (Å²) in [6.07, 6.45) is 10.1. The number of hydrogen-bond acceptors (Lipinski definition) is 2. The second kappa shape index (κ2) is 4.66. The van der Waals surface area contributed by atoms with Crippen LogP contribution < -0.4 is 5.32 Å². The van der Waals surface area contributed by atoms with Crippen LogP contribution in [0.3, 0.4) is 0 Å². The fourth-order valence-electron chi connectivity index (χ4n) is 4.04. The zero-order valence-electron chi connectivity index (χ0n) is 10.6. The van der Waals surface area contributed by atoms with Crippen molar-refractivity contribution in [1.82, 2.24) is 10.2 Å². The molecular formula is C14H26N2. The summed E-state index contributed by atoms with van der Waals surface area (Å²) < 4.78 is 0. The molecule has 2 heterocycles. The monoisotopic (exact) mass is 222 g/mol. The number of rotatable bonds is 2. The van der Waals surface area contributed by atoms with E-state index in [0.717, 1.165) is 24.0 Å². The van der Waals surface area contributed by atoms with Crippen molar-refractivity contribution in [3.05, 3.63) is 0 Å². The van der Waals surface area contributed by atoms with E-state index in [9.17, 15) is 0 Å². The largest absolute Gasteiger partial charge is 0.312 e. The van der Waals surface area contributed by atoms with Gasteiger partial charge in [0.1, 0.15) is 0 Å². The van der Waals surface area contributed by atoms with Crippen LogP contribution >= 0.6 is 0 Å². The average molecular weight is 222 g/mol. The van der Waals surface area contributed by atoms with Crippen molar-refractivity contribution in [1.29, 1.82) is 0 Å². The van der Waals surface area contributed by atoms with Gasteiger partial charge in [-0.1, -0.05) is 13.3 Å². The SMILES string of the molecule is CC1CC(N2CCCCC2C2CCCN2)C1. The molecule has 0 aromatic heterocycles. The Balaban J connectivity index is 1.63. The summed E-state index contributed by atoms with van der Waals surface area (Å²) in [7, 11) is 0. The highest BCUT2D eigenvalue weighted by atomic mass is 15.2. The third-order valence-electron chi connectivity index (χ3n) is 4.97. The summed E-state index contributed by atoms with van der Waals surface area (Å²) in [5.41, 5.74) is 0. The van der Waals surface area contributed by atoms with Gasteiger partial charge in [0.15, 0.2) is 0 Å². The van der Waals surface area contributed by atoms with Gasteiger partial charge < -0.3 is 5.32 Å². The Bertz CT molecular complexity index is 229. The fraction of sp³-hybridized carbons (Fsp3) is 1.00. The Hall–Kier alpha value is -0.0800. The van der Waals surface area contributed by atoms with E-state index in [1.807, 2.05) is 0 Å². The van der Waals surface area contributed by atoms with Crippen LogP contribution in [0.1, 0.15) is 51.9 Å². The van der Waals surface area contributed by atoms with Gasteiger partial charge in [0.2, 0.25) is 0 Å². The number of piperidine rings is 1. The molecule has 3 fully saturated rings. The van der Waals surface area contributed by atoms with Crippen molar-refractivity contribution in [3.63, 3.8) is 0 Å². The highest BCUT2D eigenvalue weighted by molar-refractivity contribution is 4.96. The summed E-state index contributed by atoms with van der Waals surface area (Å²) in [4.78, 5) is 2.87. The van der Waals surface area contributed by atoms with Crippen LogP contribution in [0.2, 0.25) is 0 Å². The lowest BCUT2D eigenvalue weighted by Gasteiger charge is -2.49. The van der Waals surface area contributed by atoms with Gasteiger partial charge in [0, 0.05) is 18.1 Å². The van der Waals surface area contributed by atoms with Gasteiger partial charge in [-0.25, -0.2) is 0 Å². The Morgan fingerprint density at radius 1 is 1.06 bits per heavy atom. The average Bonchev–Trinajstić information content (AvgIpc) is 2.78. The van der Waals surface area contributed by atoms with Gasteiger partial charge in [-0.2, -0.15) is 0 Å². The summed E-state index contributed by atoms with van der Waals surface area (Å²) >= 11 is 0. The Kier molecular flexibility index (Phi) is 3.21. The molecule has 2 nitrogen and oxygen atoms in total.